The Labute approximate surface area is 282 Å². The normalized spacial score (nSPS) is 10.8. The molecule has 0 atom stereocenters. The largest absolute Gasteiger partial charge is 0.481 e. The van der Waals surface area contributed by atoms with Gasteiger partial charge in [0.15, 0.2) is 0 Å². The minimum absolute atomic E-state index is 0.100. The number of nitrogens with zero attached hydrogens (tertiary/aromatic N) is 3. The first kappa shape index (κ1) is 41.9. The van der Waals surface area contributed by atoms with Gasteiger partial charge in [0.25, 0.3) is 0 Å². The molecule has 0 aliphatic heterocycles. The van der Waals surface area contributed by atoms with Crippen LogP contribution in [0.5, 0.6) is 0 Å². The minimum atomic E-state index is -0.799. The fourth-order valence-electron chi connectivity index (χ4n) is 4.91. The molecule has 1 aromatic heterocycles. The van der Waals surface area contributed by atoms with Crippen molar-refractivity contribution < 1.29 is 44.1 Å². The van der Waals surface area contributed by atoms with Gasteiger partial charge >= 0.3 is 17.9 Å². The first-order valence-electron chi connectivity index (χ1n) is 17.4. The first-order valence-corrected chi connectivity index (χ1v) is 17.4. The highest BCUT2D eigenvalue weighted by atomic mass is 16.4. The Morgan fingerprint density at radius 1 is 0.333 bits per heavy atom. The molecule has 0 fully saturated rings. The summed E-state index contributed by atoms with van der Waals surface area (Å²) in [4.78, 5) is 82.0. The second-order valence-corrected chi connectivity index (χ2v) is 12.0. The maximum Gasteiger partial charge on any atom is 0.303 e. The molecule has 0 saturated heterocycles. The molecule has 0 bridgehead atoms. The predicted octanol–water partition coefficient (Wildman–Crippen LogP) is 6.30. The van der Waals surface area contributed by atoms with Crippen molar-refractivity contribution in [3.63, 3.8) is 0 Å². The number of nitrogens with one attached hydrogen (secondary N) is 3. The zero-order valence-electron chi connectivity index (χ0n) is 28.1. The number of rotatable bonds is 30. The van der Waals surface area contributed by atoms with Gasteiger partial charge in [-0.3, -0.25) is 44.7 Å². The number of carbonyl (C=O) groups is 6. The standard InChI is InChI=1S/C33H54N6O9/c40-25(19-13-7-1-4-10-16-22-28(43)44)34-31-37-32(35-26(41)20-14-8-2-5-11-17-23-29(45)46)39-33(38-31)36-27(42)21-15-9-3-6-12-18-24-30(47)48/h1-24H2,(H,43,44)(H,45,46)(H,47,48)(H3,34,35,36,37,38,39,40,41,42). The number of hydrogen-bond acceptors (Lipinski definition) is 9. The lowest BCUT2D eigenvalue weighted by atomic mass is 10.1. The molecule has 0 aliphatic rings. The molecule has 3 amide bonds. The molecular weight excluding hydrogens is 624 g/mol. The van der Waals surface area contributed by atoms with E-state index in [0.717, 1.165) is 77.0 Å². The number of hydrogen-bond donors (Lipinski definition) is 6. The van der Waals surface area contributed by atoms with Crippen LogP contribution in [-0.2, 0) is 28.8 Å². The highest BCUT2D eigenvalue weighted by Crippen LogP contribution is 2.15. The van der Waals surface area contributed by atoms with Gasteiger partial charge < -0.3 is 15.3 Å². The summed E-state index contributed by atoms with van der Waals surface area (Å²) < 4.78 is 0. The van der Waals surface area contributed by atoms with Crippen LogP contribution in [-0.4, -0.2) is 65.9 Å². The predicted molar refractivity (Wildman–Crippen MR) is 179 cm³/mol. The number of aliphatic carboxylic acids is 3. The van der Waals surface area contributed by atoms with E-state index in [1.807, 2.05) is 0 Å². The Morgan fingerprint density at radius 2 is 0.521 bits per heavy atom. The van der Waals surface area contributed by atoms with E-state index in [2.05, 4.69) is 30.9 Å². The van der Waals surface area contributed by atoms with E-state index in [0.29, 0.717) is 38.5 Å². The van der Waals surface area contributed by atoms with E-state index in [1.54, 1.807) is 0 Å². The molecule has 0 saturated carbocycles. The zero-order chi connectivity index (χ0) is 35.4. The van der Waals surface area contributed by atoms with E-state index in [4.69, 9.17) is 15.3 Å². The average molecular weight is 679 g/mol. The number of carbonyl (C=O) groups excluding carboxylic acids is 3. The van der Waals surface area contributed by atoms with Crippen molar-refractivity contribution in [2.24, 2.45) is 0 Å². The van der Waals surface area contributed by atoms with Crippen LogP contribution in [0.3, 0.4) is 0 Å². The maximum absolute atomic E-state index is 12.6. The second kappa shape index (κ2) is 26.9. The number of carboxylic acids is 3. The third-order valence-corrected chi connectivity index (χ3v) is 7.52. The lowest BCUT2D eigenvalue weighted by molar-refractivity contribution is -0.138. The van der Waals surface area contributed by atoms with E-state index in [-0.39, 0.29) is 74.1 Å². The summed E-state index contributed by atoms with van der Waals surface area (Å²) in [6.07, 6.45) is 15.2. The van der Waals surface area contributed by atoms with Crippen LogP contribution in [0.15, 0.2) is 0 Å². The summed E-state index contributed by atoms with van der Waals surface area (Å²) in [5.74, 6) is -3.67. The molecule has 0 spiro atoms. The van der Waals surface area contributed by atoms with Gasteiger partial charge in [0.05, 0.1) is 0 Å². The molecule has 0 unspecified atom stereocenters. The summed E-state index contributed by atoms with van der Waals surface area (Å²) in [7, 11) is 0. The Kier molecular flexibility index (Phi) is 23.4. The molecule has 0 radical (unpaired) electrons. The van der Waals surface area contributed by atoms with Gasteiger partial charge in [-0.15, -0.1) is 0 Å². The Hall–Kier alpha value is -4.17. The van der Waals surface area contributed by atoms with Crippen molar-refractivity contribution in [1.82, 2.24) is 15.0 Å². The van der Waals surface area contributed by atoms with Gasteiger partial charge in [-0.05, 0) is 38.5 Å². The Balaban J connectivity index is 2.61. The summed E-state index contributed by atoms with van der Waals surface area (Å²) in [5, 5.41) is 34.0. The minimum Gasteiger partial charge on any atom is -0.481 e. The quantitative estimate of drug-likeness (QED) is 0.0491. The van der Waals surface area contributed by atoms with Crippen molar-refractivity contribution in [1.29, 1.82) is 0 Å². The molecule has 270 valence electrons. The monoisotopic (exact) mass is 678 g/mol. The number of anilines is 3. The van der Waals surface area contributed by atoms with E-state index in [1.165, 1.54) is 0 Å². The molecule has 0 aromatic carbocycles. The van der Waals surface area contributed by atoms with Crippen LogP contribution in [0.2, 0.25) is 0 Å². The fraction of sp³-hybridized carbons (Fsp3) is 0.727. The molecule has 0 aliphatic carbocycles. The van der Waals surface area contributed by atoms with Crippen molar-refractivity contribution >= 4 is 53.5 Å². The summed E-state index contributed by atoms with van der Waals surface area (Å²) in [5.41, 5.74) is 0. The summed E-state index contributed by atoms with van der Waals surface area (Å²) in [6, 6.07) is 0. The molecule has 1 rings (SSSR count). The number of carboxylic acid groups (broad SMARTS) is 3. The Morgan fingerprint density at radius 3 is 0.729 bits per heavy atom. The van der Waals surface area contributed by atoms with Gasteiger partial charge in [-0.2, -0.15) is 15.0 Å². The zero-order valence-corrected chi connectivity index (χ0v) is 28.1. The van der Waals surface area contributed by atoms with Gasteiger partial charge in [0.2, 0.25) is 35.6 Å². The first-order chi connectivity index (χ1) is 23.0. The van der Waals surface area contributed by atoms with Crippen LogP contribution < -0.4 is 16.0 Å². The maximum atomic E-state index is 12.6. The number of amides is 3. The van der Waals surface area contributed by atoms with E-state index < -0.39 is 17.9 Å². The van der Waals surface area contributed by atoms with Crippen LogP contribution in [0.1, 0.15) is 154 Å². The van der Waals surface area contributed by atoms with Crippen LogP contribution in [0, 0.1) is 0 Å². The van der Waals surface area contributed by atoms with Crippen molar-refractivity contribution in [3.8, 4) is 0 Å². The molecular formula is C33H54N6O9. The van der Waals surface area contributed by atoms with Crippen molar-refractivity contribution in [2.75, 3.05) is 16.0 Å². The van der Waals surface area contributed by atoms with Crippen molar-refractivity contribution in [3.05, 3.63) is 0 Å². The van der Waals surface area contributed by atoms with Gasteiger partial charge in [0.1, 0.15) is 0 Å². The summed E-state index contributed by atoms with van der Waals surface area (Å²) >= 11 is 0. The topological polar surface area (TPSA) is 238 Å². The SMILES string of the molecule is O=C(O)CCCCCCCCC(=O)Nc1nc(NC(=O)CCCCCCCCC(=O)O)nc(NC(=O)CCCCCCCCC(=O)O)n1. The third kappa shape index (κ3) is 25.0. The van der Waals surface area contributed by atoms with Crippen LogP contribution in [0.4, 0.5) is 17.8 Å². The van der Waals surface area contributed by atoms with Crippen LogP contribution in [0.25, 0.3) is 0 Å². The highest BCUT2D eigenvalue weighted by molar-refractivity contribution is 5.92. The molecule has 1 aromatic rings. The molecule has 6 N–H and O–H groups in total. The lowest BCUT2D eigenvalue weighted by Gasteiger charge is -2.10. The number of aromatic nitrogens is 3. The van der Waals surface area contributed by atoms with Gasteiger partial charge in [0, 0.05) is 38.5 Å². The molecule has 15 heteroatoms. The molecule has 1 heterocycles. The smallest absolute Gasteiger partial charge is 0.303 e. The highest BCUT2D eigenvalue weighted by Gasteiger charge is 2.14. The fourth-order valence-corrected chi connectivity index (χ4v) is 4.91. The van der Waals surface area contributed by atoms with E-state index in [9.17, 15) is 28.8 Å². The summed E-state index contributed by atoms with van der Waals surface area (Å²) in [6.45, 7) is 0. The third-order valence-electron chi connectivity index (χ3n) is 7.52. The second-order valence-electron chi connectivity index (χ2n) is 12.0. The Bertz CT molecular complexity index is 998. The number of unbranched alkanes of at least 4 members (excludes halogenated alkanes) is 15. The van der Waals surface area contributed by atoms with E-state index >= 15 is 0 Å². The van der Waals surface area contributed by atoms with Crippen molar-refractivity contribution in [2.45, 2.75) is 154 Å². The van der Waals surface area contributed by atoms with Gasteiger partial charge in [-0.1, -0.05) is 77.0 Å². The molecule has 15 nitrogen and oxygen atoms in total. The average Bonchev–Trinajstić information content (AvgIpc) is 3.00. The lowest BCUT2D eigenvalue weighted by Crippen LogP contribution is -2.20. The van der Waals surface area contributed by atoms with Crippen LogP contribution >= 0.6 is 0 Å². The van der Waals surface area contributed by atoms with Gasteiger partial charge in [-0.25, -0.2) is 0 Å². The molecule has 48 heavy (non-hydrogen) atoms.